The number of anilines is 3. The number of aromatic nitrogens is 1. The minimum atomic E-state index is -0.444. The molecule has 0 fully saturated rings. The lowest BCUT2D eigenvalue weighted by Crippen LogP contribution is -2.19. The zero-order chi connectivity index (χ0) is 17.6. The Labute approximate surface area is 150 Å². The van der Waals surface area contributed by atoms with E-state index in [1.807, 2.05) is 48.5 Å². The fourth-order valence-corrected chi connectivity index (χ4v) is 2.46. The average Bonchev–Trinajstić information content (AvgIpc) is 2.97. The van der Waals surface area contributed by atoms with Crippen molar-refractivity contribution in [2.75, 3.05) is 16.0 Å². The molecule has 0 aliphatic rings. The summed E-state index contributed by atoms with van der Waals surface area (Å²) in [5, 5.41) is 8.32. The quantitative estimate of drug-likeness (QED) is 0.606. The van der Waals surface area contributed by atoms with Crippen molar-refractivity contribution < 1.29 is 9.21 Å². The van der Waals surface area contributed by atoms with E-state index in [-0.39, 0.29) is 6.01 Å². The van der Waals surface area contributed by atoms with Crippen molar-refractivity contribution in [2.24, 2.45) is 0 Å². The smallest absolute Gasteiger partial charge is 0.327 e. The fraction of sp³-hybridized carbons (Fsp3) is 0.0556. The predicted molar refractivity (Wildman–Crippen MR) is 102 cm³/mol. The third kappa shape index (κ3) is 4.42. The third-order valence-corrected chi connectivity index (χ3v) is 3.57. The van der Waals surface area contributed by atoms with Gasteiger partial charge in [0.2, 0.25) is 0 Å². The maximum Gasteiger partial charge on any atom is 0.327 e. The summed E-state index contributed by atoms with van der Waals surface area (Å²) in [6.07, 6.45) is 0. The lowest BCUT2D eigenvalue weighted by Gasteiger charge is -2.06. The number of para-hydroxylation sites is 2. The summed E-state index contributed by atoms with van der Waals surface area (Å²) in [7, 11) is 0. The van der Waals surface area contributed by atoms with Crippen molar-refractivity contribution >= 4 is 40.6 Å². The Bertz CT molecular complexity index is 879. The molecule has 2 aromatic carbocycles. The molecule has 0 saturated carbocycles. The Kier molecular flexibility index (Phi) is 5.06. The van der Waals surface area contributed by atoms with E-state index >= 15 is 0 Å². The molecule has 0 bridgehead atoms. The first kappa shape index (κ1) is 16.7. The minimum absolute atomic E-state index is 0.0816. The van der Waals surface area contributed by atoms with Crippen molar-refractivity contribution in [3.8, 4) is 0 Å². The van der Waals surface area contributed by atoms with Gasteiger partial charge in [-0.25, -0.2) is 4.79 Å². The fourth-order valence-electron chi connectivity index (χ4n) is 2.15. The molecule has 3 rings (SSSR count). The van der Waals surface area contributed by atoms with E-state index in [1.165, 1.54) is 0 Å². The molecule has 0 atom stereocenters. The van der Waals surface area contributed by atoms with Crippen LogP contribution in [0.1, 0.15) is 11.5 Å². The summed E-state index contributed by atoms with van der Waals surface area (Å²) in [5.41, 5.74) is 2.10. The largest absolute Gasteiger partial charge is 0.420 e. The van der Waals surface area contributed by atoms with Crippen molar-refractivity contribution in [3.05, 3.63) is 72.1 Å². The Hall–Kier alpha value is -3.19. The van der Waals surface area contributed by atoms with Crippen LogP contribution in [0.2, 0.25) is 0 Å². The topological polar surface area (TPSA) is 79.2 Å². The van der Waals surface area contributed by atoms with Gasteiger partial charge in [-0.3, -0.25) is 5.32 Å². The summed E-state index contributed by atoms with van der Waals surface area (Å²) in [6, 6.07) is 18.2. The molecule has 0 aliphatic heterocycles. The van der Waals surface area contributed by atoms with E-state index in [2.05, 4.69) is 20.9 Å². The second-order valence-electron chi connectivity index (χ2n) is 5.20. The minimum Gasteiger partial charge on any atom is -0.420 e. The zero-order valence-corrected chi connectivity index (χ0v) is 14.3. The number of amides is 2. The van der Waals surface area contributed by atoms with Crippen LogP contribution in [0.3, 0.4) is 0 Å². The number of aryl methyl sites for hydroxylation is 1. The Morgan fingerprint density at radius 1 is 0.920 bits per heavy atom. The first-order chi connectivity index (χ1) is 12.1. The van der Waals surface area contributed by atoms with E-state index < -0.39 is 6.03 Å². The number of carbonyl (C=O) groups excluding carboxylic acids is 1. The third-order valence-electron chi connectivity index (χ3n) is 3.29. The van der Waals surface area contributed by atoms with Crippen LogP contribution in [-0.4, -0.2) is 16.0 Å². The van der Waals surface area contributed by atoms with Gasteiger partial charge >= 0.3 is 12.0 Å². The highest BCUT2D eigenvalue weighted by atomic mass is 32.1. The van der Waals surface area contributed by atoms with Gasteiger partial charge in [-0.1, -0.05) is 48.6 Å². The van der Waals surface area contributed by atoms with Gasteiger partial charge in [0.25, 0.3) is 0 Å². The van der Waals surface area contributed by atoms with Crippen LogP contribution in [0.25, 0.3) is 0 Å². The second-order valence-corrected chi connectivity index (χ2v) is 5.61. The molecule has 3 aromatic rings. The van der Waals surface area contributed by atoms with E-state index in [0.717, 1.165) is 5.69 Å². The lowest BCUT2D eigenvalue weighted by atomic mass is 10.3. The van der Waals surface area contributed by atoms with Crippen LogP contribution >= 0.6 is 12.2 Å². The molecular weight excluding hydrogens is 336 g/mol. The highest BCUT2D eigenvalue weighted by molar-refractivity contribution is 7.81. The monoisotopic (exact) mass is 352 g/mol. The summed E-state index contributed by atoms with van der Waals surface area (Å²) in [6.45, 7) is 1.76. The molecule has 6 nitrogen and oxygen atoms in total. The molecular formula is C18H16N4O2S. The number of oxazole rings is 1. The normalized spacial score (nSPS) is 10.1. The molecule has 0 spiro atoms. The number of nitrogens with zero attached hydrogens (tertiary/aromatic N) is 1. The van der Waals surface area contributed by atoms with Gasteiger partial charge in [0, 0.05) is 11.4 Å². The highest BCUT2D eigenvalue weighted by Gasteiger charge is 2.16. The van der Waals surface area contributed by atoms with Gasteiger partial charge in [0.1, 0.15) is 4.99 Å². The number of benzene rings is 2. The molecule has 0 unspecified atom stereocenters. The molecule has 7 heteroatoms. The van der Waals surface area contributed by atoms with Gasteiger partial charge in [-0.2, -0.15) is 4.98 Å². The summed E-state index contributed by atoms with van der Waals surface area (Å²) < 4.78 is 5.57. The molecule has 3 N–H and O–H groups in total. The van der Waals surface area contributed by atoms with Gasteiger partial charge in [0.05, 0.1) is 5.69 Å². The summed E-state index contributed by atoms with van der Waals surface area (Å²) in [4.78, 5) is 16.6. The van der Waals surface area contributed by atoms with Crippen LogP contribution in [0.5, 0.6) is 0 Å². The van der Waals surface area contributed by atoms with E-state index in [0.29, 0.717) is 22.1 Å². The summed E-state index contributed by atoms with van der Waals surface area (Å²) >= 11 is 5.35. The number of thiocarbonyl (C=S) groups is 1. The van der Waals surface area contributed by atoms with Crippen LogP contribution in [0.15, 0.2) is 65.1 Å². The first-order valence-electron chi connectivity index (χ1n) is 7.59. The number of nitrogens with one attached hydrogen (secondary N) is 3. The van der Waals surface area contributed by atoms with Gasteiger partial charge < -0.3 is 15.1 Å². The standard InChI is InChI=1S/C18H16N4O2S/c1-12-15(16(25)20-13-8-4-2-5-9-13)24-18(19-12)22-17(23)21-14-10-6-3-7-11-14/h2-11H,1H3,(H,20,25)(H2,19,21,22,23). The van der Waals surface area contributed by atoms with E-state index in [4.69, 9.17) is 16.6 Å². The lowest BCUT2D eigenvalue weighted by molar-refractivity contribution is 0.261. The molecule has 126 valence electrons. The number of hydrogen-bond acceptors (Lipinski definition) is 4. The Balaban J connectivity index is 1.65. The molecule has 25 heavy (non-hydrogen) atoms. The number of urea groups is 1. The zero-order valence-electron chi connectivity index (χ0n) is 13.4. The van der Waals surface area contributed by atoms with E-state index in [9.17, 15) is 4.79 Å². The van der Waals surface area contributed by atoms with Crippen molar-refractivity contribution in [1.82, 2.24) is 4.98 Å². The first-order valence-corrected chi connectivity index (χ1v) is 7.99. The number of rotatable bonds is 4. The SMILES string of the molecule is Cc1nc(NC(=O)Nc2ccccc2)oc1C(=S)Nc1ccccc1. The molecule has 1 aromatic heterocycles. The van der Waals surface area contributed by atoms with Crippen molar-refractivity contribution in [3.63, 3.8) is 0 Å². The number of carbonyl (C=O) groups is 1. The molecule has 2 amide bonds. The van der Waals surface area contributed by atoms with Crippen molar-refractivity contribution in [2.45, 2.75) is 6.92 Å². The second kappa shape index (κ2) is 7.59. The van der Waals surface area contributed by atoms with E-state index in [1.54, 1.807) is 19.1 Å². The highest BCUT2D eigenvalue weighted by Crippen LogP contribution is 2.18. The Morgan fingerprint density at radius 3 is 2.08 bits per heavy atom. The van der Waals surface area contributed by atoms with Crippen LogP contribution in [0.4, 0.5) is 22.2 Å². The van der Waals surface area contributed by atoms with Gasteiger partial charge in [-0.15, -0.1) is 0 Å². The molecule has 0 aliphatic carbocycles. The van der Waals surface area contributed by atoms with Gasteiger partial charge in [0.15, 0.2) is 5.76 Å². The van der Waals surface area contributed by atoms with Gasteiger partial charge in [-0.05, 0) is 31.2 Å². The van der Waals surface area contributed by atoms with Crippen molar-refractivity contribution in [1.29, 1.82) is 0 Å². The maximum atomic E-state index is 12.0. The molecule has 1 heterocycles. The molecule has 0 saturated heterocycles. The molecule has 0 radical (unpaired) electrons. The summed E-state index contributed by atoms with van der Waals surface area (Å²) in [5.74, 6) is 0.411. The Morgan fingerprint density at radius 2 is 1.48 bits per heavy atom. The predicted octanol–water partition coefficient (Wildman–Crippen LogP) is 4.41. The van der Waals surface area contributed by atoms with Crippen LogP contribution in [0, 0.1) is 6.92 Å². The number of hydrogen-bond donors (Lipinski definition) is 3. The van der Waals surface area contributed by atoms with Crippen LogP contribution < -0.4 is 16.0 Å². The van der Waals surface area contributed by atoms with Crippen LogP contribution in [-0.2, 0) is 0 Å². The average molecular weight is 352 g/mol. The maximum absolute atomic E-state index is 12.0.